The summed E-state index contributed by atoms with van der Waals surface area (Å²) in [6, 6.07) is 20.8. The molecule has 5 nitrogen and oxygen atoms in total. The molecule has 0 heterocycles. The van der Waals surface area contributed by atoms with Crippen molar-refractivity contribution in [2.75, 3.05) is 34.2 Å². The number of amides is 1. The van der Waals surface area contributed by atoms with Crippen LogP contribution in [0.15, 0.2) is 72.5 Å². The van der Waals surface area contributed by atoms with Gasteiger partial charge in [-0.2, -0.15) is 0 Å². The zero-order valence-corrected chi connectivity index (χ0v) is 18.8. The molecule has 30 heavy (non-hydrogen) atoms. The molecule has 0 aliphatic carbocycles. The summed E-state index contributed by atoms with van der Waals surface area (Å²) < 4.78 is 6.04. The van der Waals surface area contributed by atoms with E-state index in [4.69, 9.17) is 10.5 Å². The number of nitrogens with zero attached hydrogens (tertiary/aromatic N) is 2. The van der Waals surface area contributed by atoms with Crippen molar-refractivity contribution in [1.29, 1.82) is 0 Å². The smallest absolute Gasteiger partial charge is 0.414 e. The SMILES string of the molecule is C/C=C(\OC(=O)N(C)CCN)C(CC(C)N(C)C)(c1ccccc1)c1ccccc1. The average Bonchev–Trinajstić information content (AvgIpc) is 2.77. The van der Waals surface area contributed by atoms with E-state index >= 15 is 0 Å². The lowest BCUT2D eigenvalue weighted by Crippen LogP contribution is -2.41. The standard InChI is InChI=1S/C25H35N3O2/c1-6-23(30-24(29)28(5)18-17-26)25(19-20(2)27(3)4,21-13-9-7-10-14-21)22-15-11-8-12-16-22/h6-16,20H,17-19,26H2,1-5H3/b23-6-. The summed E-state index contributed by atoms with van der Waals surface area (Å²) in [5.41, 5.74) is 7.20. The molecule has 0 aliphatic rings. The number of allylic oxidation sites excluding steroid dienone is 2. The van der Waals surface area contributed by atoms with E-state index in [2.05, 4.69) is 50.2 Å². The van der Waals surface area contributed by atoms with E-state index in [1.54, 1.807) is 7.05 Å². The summed E-state index contributed by atoms with van der Waals surface area (Å²) in [5, 5.41) is 0. The Morgan fingerprint density at radius 1 is 1.03 bits per heavy atom. The molecule has 162 valence electrons. The minimum Gasteiger partial charge on any atom is -0.414 e. The molecule has 2 N–H and O–H groups in total. The fourth-order valence-corrected chi connectivity index (χ4v) is 3.71. The highest BCUT2D eigenvalue weighted by molar-refractivity contribution is 5.69. The maximum absolute atomic E-state index is 12.8. The van der Waals surface area contributed by atoms with Gasteiger partial charge in [-0.3, -0.25) is 0 Å². The molecule has 1 amide bonds. The first-order valence-electron chi connectivity index (χ1n) is 10.4. The molecule has 2 rings (SSSR count). The van der Waals surface area contributed by atoms with Crippen molar-refractivity contribution in [2.45, 2.75) is 31.7 Å². The number of carbonyl (C=O) groups is 1. The fourth-order valence-electron chi connectivity index (χ4n) is 3.71. The lowest BCUT2D eigenvalue weighted by molar-refractivity contribution is 0.123. The predicted molar refractivity (Wildman–Crippen MR) is 123 cm³/mol. The van der Waals surface area contributed by atoms with Crippen LogP contribution in [0.5, 0.6) is 0 Å². The maximum atomic E-state index is 12.8. The number of hydrogen-bond acceptors (Lipinski definition) is 4. The molecule has 0 saturated heterocycles. The molecular formula is C25H35N3O2. The van der Waals surface area contributed by atoms with Gasteiger partial charge in [-0.1, -0.05) is 60.7 Å². The van der Waals surface area contributed by atoms with Crippen LogP contribution in [0.3, 0.4) is 0 Å². The molecule has 0 saturated carbocycles. The van der Waals surface area contributed by atoms with Gasteiger partial charge in [-0.25, -0.2) is 4.79 Å². The van der Waals surface area contributed by atoms with Gasteiger partial charge in [-0.15, -0.1) is 0 Å². The Labute approximate surface area is 181 Å². The number of nitrogens with two attached hydrogens (primary N) is 1. The third kappa shape index (κ3) is 5.29. The molecule has 2 aromatic rings. The molecule has 0 aliphatic heterocycles. The highest BCUT2D eigenvalue weighted by Gasteiger charge is 2.42. The van der Waals surface area contributed by atoms with Crippen LogP contribution in [0.2, 0.25) is 0 Å². The van der Waals surface area contributed by atoms with Crippen molar-refractivity contribution in [3.8, 4) is 0 Å². The first-order chi connectivity index (χ1) is 14.4. The van der Waals surface area contributed by atoms with E-state index in [0.29, 0.717) is 18.8 Å². The topological polar surface area (TPSA) is 58.8 Å². The van der Waals surface area contributed by atoms with Crippen LogP contribution in [0.25, 0.3) is 0 Å². The quantitative estimate of drug-likeness (QED) is 0.629. The normalized spacial score (nSPS) is 13.2. The van der Waals surface area contributed by atoms with Crippen molar-refractivity contribution in [1.82, 2.24) is 9.80 Å². The minimum atomic E-state index is -0.611. The molecular weight excluding hydrogens is 374 g/mol. The van der Waals surface area contributed by atoms with Crippen molar-refractivity contribution in [3.63, 3.8) is 0 Å². The number of carbonyl (C=O) groups excluding carboxylic acids is 1. The maximum Gasteiger partial charge on any atom is 0.414 e. The van der Waals surface area contributed by atoms with E-state index in [1.807, 2.05) is 49.4 Å². The van der Waals surface area contributed by atoms with Gasteiger partial charge in [0.05, 0.1) is 5.41 Å². The zero-order chi connectivity index (χ0) is 22.1. The molecule has 5 heteroatoms. The van der Waals surface area contributed by atoms with Gasteiger partial charge in [0.1, 0.15) is 5.76 Å². The van der Waals surface area contributed by atoms with Crippen molar-refractivity contribution in [3.05, 3.63) is 83.6 Å². The third-order valence-electron chi connectivity index (χ3n) is 5.67. The number of ether oxygens (including phenoxy) is 1. The Balaban J connectivity index is 2.67. The van der Waals surface area contributed by atoms with Crippen molar-refractivity contribution in [2.24, 2.45) is 5.73 Å². The van der Waals surface area contributed by atoms with E-state index in [0.717, 1.165) is 17.5 Å². The molecule has 0 radical (unpaired) electrons. The highest BCUT2D eigenvalue weighted by atomic mass is 16.6. The highest BCUT2D eigenvalue weighted by Crippen LogP contribution is 2.44. The van der Waals surface area contributed by atoms with Crippen LogP contribution >= 0.6 is 0 Å². The lowest BCUT2D eigenvalue weighted by Gasteiger charge is -2.40. The summed E-state index contributed by atoms with van der Waals surface area (Å²) in [6.07, 6.45) is 2.26. The predicted octanol–water partition coefficient (Wildman–Crippen LogP) is 4.24. The molecule has 0 spiro atoms. The summed E-state index contributed by atoms with van der Waals surface area (Å²) in [6.45, 7) is 4.94. The second-order valence-electron chi connectivity index (χ2n) is 7.89. The Bertz CT molecular complexity index is 779. The van der Waals surface area contributed by atoms with E-state index < -0.39 is 11.5 Å². The molecule has 1 atom stereocenters. The first kappa shape index (κ1) is 23.6. The minimum absolute atomic E-state index is 0.237. The summed E-state index contributed by atoms with van der Waals surface area (Å²) in [7, 11) is 5.85. The monoisotopic (exact) mass is 409 g/mol. The largest absolute Gasteiger partial charge is 0.414 e. The van der Waals surface area contributed by atoms with Gasteiger partial charge in [0.15, 0.2) is 0 Å². The molecule has 0 fully saturated rings. The molecule has 0 aromatic heterocycles. The number of rotatable bonds is 9. The fraction of sp³-hybridized carbons (Fsp3) is 0.400. The first-order valence-corrected chi connectivity index (χ1v) is 10.4. The Morgan fingerprint density at radius 3 is 1.93 bits per heavy atom. The number of likely N-dealkylation sites (N-methyl/N-ethyl adjacent to an activating group) is 1. The van der Waals surface area contributed by atoms with Crippen LogP contribution in [0, 0.1) is 0 Å². The third-order valence-corrected chi connectivity index (χ3v) is 5.67. The van der Waals surface area contributed by atoms with E-state index in [-0.39, 0.29) is 6.04 Å². The van der Waals surface area contributed by atoms with Crippen LogP contribution in [0.1, 0.15) is 31.4 Å². The summed E-state index contributed by atoms with van der Waals surface area (Å²) in [5.74, 6) is 0.627. The van der Waals surface area contributed by atoms with Crippen molar-refractivity contribution >= 4 is 6.09 Å². The van der Waals surface area contributed by atoms with Gasteiger partial charge in [-0.05, 0) is 51.6 Å². The van der Waals surface area contributed by atoms with Crippen LogP contribution in [-0.2, 0) is 10.2 Å². The van der Waals surface area contributed by atoms with Gasteiger partial charge in [0, 0.05) is 26.2 Å². The Hall–Kier alpha value is -2.63. The average molecular weight is 410 g/mol. The summed E-state index contributed by atoms with van der Waals surface area (Å²) >= 11 is 0. The Kier molecular flexibility index (Phi) is 8.63. The molecule has 1 unspecified atom stereocenters. The van der Waals surface area contributed by atoms with Gasteiger partial charge in [0.25, 0.3) is 0 Å². The lowest BCUT2D eigenvalue weighted by atomic mass is 9.68. The zero-order valence-electron chi connectivity index (χ0n) is 18.8. The Morgan fingerprint density at radius 2 is 1.53 bits per heavy atom. The van der Waals surface area contributed by atoms with E-state index in [9.17, 15) is 4.79 Å². The second kappa shape index (κ2) is 11.0. The van der Waals surface area contributed by atoms with Gasteiger partial charge >= 0.3 is 6.09 Å². The van der Waals surface area contributed by atoms with Gasteiger partial charge < -0.3 is 20.3 Å². The van der Waals surface area contributed by atoms with Gasteiger partial charge in [0.2, 0.25) is 0 Å². The van der Waals surface area contributed by atoms with Crippen LogP contribution < -0.4 is 5.73 Å². The van der Waals surface area contributed by atoms with Crippen LogP contribution in [0.4, 0.5) is 4.79 Å². The van der Waals surface area contributed by atoms with Crippen molar-refractivity contribution < 1.29 is 9.53 Å². The molecule has 0 bridgehead atoms. The molecule has 2 aromatic carbocycles. The van der Waals surface area contributed by atoms with Crippen LogP contribution in [-0.4, -0.2) is 56.2 Å². The summed E-state index contributed by atoms with van der Waals surface area (Å²) in [4.78, 5) is 16.5. The number of hydrogen-bond donors (Lipinski definition) is 1. The second-order valence-corrected chi connectivity index (χ2v) is 7.89. The van der Waals surface area contributed by atoms with E-state index in [1.165, 1.54) is 4.90 Å². The number of benzene rings is 2.